The molecule has 0 spiro atoms. The zero-order valence-corrected chi connectivity index (χ0v) is 11.4. The number of hydrogen-bond acceptors (Lipinski definition) is 6. The number of ether oxygens (including phenoxy) is 1. The van der Waals surface area contributed by atoms with Gasteiger partial charge in [0.1, 0.15) is 5.69 Å². The molecule has 0 aromatic carbocycles. The summed E-state index contributed by atoms with van der Waals surface area (Å²) in [6.45, 7) is 0. The van der Waals surface area contributed by atoms with Gasteiger partial charge in [0, 0.05) is 13.2 Å². The Kier molecular flexibility index (Phi) is 5.02. The lowest BCUT2D eigenvalue weighted by Gasteiger charge is -2.18. The van der Waals surface area contributed by atoms with Crippen molar-refractivity contribution in [2.24, 2.45) is 0 Å². The molecule has 0 saturated heterocycles. The molecule has 0 unspecified atom stereocenters. The number of nitrogens with zero attached hydrogens (tertiary/aromatic N) is 3. The summed E-state index contributed by atoms with van der Waals surface area (Å²) in [6, 6.07) is 1.03. The molecule has 0 atom stereocenters. The number of amides is 3. The normalized spacial score (nSPS) is 9.86. The van der Waals surface area contributed by atoms with E-state index in [-0.39, 0.29) is 16.3 Å². The molecule has 0 fully saturated rings. The molecule has 0 bridgehead atoms. The van der Waals surface area contributed by atoms with Crippen LogP contribution in [0.15, 0.2) is 12.3 Å². The van der Waals surface area contributed by atoms with Gasteiger partial charge in [-0.2, -0.15) is 4.90 Å². The van der Waals surface area contributed by atoms with E-state index in [9.17, 15) is 14.4 Å². The first-order chi connectivity index (χ1) is 9.83. The van der Waals surface area contributed by atoms with Gasteiger partial charge in [-0.1, -0.05) is 0 Å². The third kappa shape index (κ3) is 3.36. The Morgan fingerprint density at radius 3 is 2.19 bits per heavy atom. The van der Waals surface area contributed by atoms with Crippen LogP contribution in [0.1, 0.15) is 10.4 Å². The third-order valence-electron chi connectivity index (χ3n) is 2.46. The first kappa shape index (κ1) is 16.2. The molecule has 0 radical (unpaired) electrons. The smallest absolute Gasteiger partial charge is 0.421 e. The van der Waals surface area contributed by atoms with Crippen LogP contribution in [0.4, 0.5) is 15.3 Å². The molecule has 1 aromatic rings. The number of pyridine rings is 1. The van der Waals surface area contributed by atoms with E-state index in [2.05, 4.69) is 4.98 Å². The molecule has 1 aromatic heterocycles. The summed E-state index contributed by atoms with van der Waals surface area (Å²) in [4.78, 5) is 42.4. The summed E-state index contributed by atoms with van der Waals surface area (Å²) < 4.78 is 4.81. The number of anilines is 1. The van der Waals surface area contributed by atoms with Crippen molar-refractivity contribution in [3.05, 3.63) is 17.8 Å². The number of hydroxylamine groups is 2. The standard InChI is InChI=1S/C11H13N3O7/c1-13(21-3)9(15)6-4-7(8(20-2)12-5-6)14(10(16)17)11(18)19/h4-5H,1-3H3,(H,16,17)(H,18,19). The second-order valence-corrected chi connectivity index (χ2v) is 3.64. The molecule has 0 aliphatic heterocycles. The maximum absolute atomic E-state index is 11.9. The summed E-state index contributed by atoms with van der Waals surface area (Å²) in [5, 5.41) is 18.8. The average Bonchev–Trinajstić information content (AvgIpc) is 2.44. The molecule has 114 valence electrons. The number of carbonyl (C=O) groups excluding carboxylic acids is 1. The molecular formula is C11H13N3O7. The van der Waals surface area contributed by atoms with Crippen LogP contribution in [0.3, 0.4) is 0 Å². The summed E-state index contributed by atoms with van der Waals surface area (Å²) in [6.07, 6.45) is -2.40. The van der Waals surface area contributed by atoms with Crippen molar-refractivity contribution >= 4 is 23.8 Å². The molecule has 10 heteroatoms. The van der Waals surface area contributed by atoms with Crippen molar-refractivity contribution in [1.82, 2.24) is 10.0 Å². The van der Waals surface area contributed by atoms with E-state index in [4.69, 9.17) is 19.8 Å². The summed E-state index contributed by atoms with van der Waals surface area (Å²) >= 11 is 0. The fraction of sp³-hybridized carbons (Fsp3) is 0.273. The Morgan fingerprint density at radius 2 is 1.76 bits per heavy atom. The van der Waals surface area contributed by atoms with E-state index < -0.39 is 23.8 Å². The van der Waals surface area contributed by atoms with Crippen molar-refractivity contribution in [2.75, 3.05) is 26.2 Å². The number of aromatic nitrogens is 1. The van der Waals surface area contributed by atoms with Crippen molar-refractivity contribution in [3.8, 4) is 5.88 Å². The second kappa shape index (κ2) is 6.52. The van der Waals surface area contributed by atoms with E-state index in [0.717, 1.165) is 17.3 Å². The zero-order valence-electron chi connectivity index (χ0n) is 11.4. The highest BCUT2D eigenvalue weighted by molar-refractivity contribution is 6.09. The van der Waals surface area contributed by atoms with Gasteiger partial charge in [0.05, 0.1) is 19.8 Å². The predicted molar refractivity (Wildman–Crippen MR) is 68.4 cm³/mol. The predicted octanol–water partition coefficient (Wildman–Crippen LogP) is 0.886. The van der Waals surface area contributed by atoms with E-state index in [1.54, 1.807) is 0 Å². The van der Waals surface area contributed by atoms with Crippen LogP contribution in [0.2, 0.25) is 0 Å². The van der Waals surface area contributed by atoms with E-state index in [0.29, 0.717) is 0 Å². The minimum atomic E-state index is -1.76. The Hall–Kier alpha value is -2.88. The van der Waals surface area contributed by atoms with Gasteiger partial charge in [-0.3, -0.25) is 9.63 Å². The van der Waals surface area contributed by atoms with Gasteiger partial charge >= 0.3 is 12.2 Å². The van der Waals surface area contributed by atoms with Crippen LogP contribution in [0.5, 0.6) is 5.88 Å². The Labute approximate surface area is 119 Å². The second-order valence-electron chi connectivity index (χ2n) is 3.64. The summed E-state index contributed by atoms with van der Waals surface area (Å²) in [7, 11) is 3.78. The first-order valence-electron chi connectivity index (χ1n) is 5.45. The molecular weight excluding hydrogens is 286 g/mol. The van der Waals surface area contributed by atoms with Crippen LogP contribution >= 0.6 is 0 Å². The highest BCUT2D eigenvalue weighted by Gasteiger charge is 2.28. The number of rotatable bonds is 4. The van der Waals surface area contributed by atoms with Crippen LogP contribution in [-0.2, 0) is 4.84 Å². The quantitative estimate of drug-likeness (QED) is 0.784. The summed E-state index contributed by atoms with van der Waals surface area (Å²) in [5.74, 6) is -0.888. The van der Waals surface area contributed by atoms with Gasteiger partial charge in [-0.15, -0.1) is 0 Å². The van der Waals surface area contributed by atoms with Crippen LogP contribution in [-0.4, -0.2) is 59.6 Å². The van der Waals surface area contributed by atoms with Gasteiger partial charge in [-0.05, 0) is 6.07 Å². The molecule has 1 rings (SSSR count). The van der Waals surface area contributed by atoms with Gasteiger partial charge in [0.2, 0.25) is 5.88 Å². The summed E-state index contributed by atoms with van der Waals surface area (Å²) in [5.41, 5.74) is -0.462. The Morgan fingerprint density at radius 1 is 1.19 bits per heavy atom. The molecule has 1 heterocycles. The Bertz CT molecular complexity index is 561. The minimum Gasteiger partial charge on any atom is -0.479 e. The lowest BCUT2D eigenvalue weighted by atomic mass is 10.2. The Balaban J connectivity index is 3.38. The molecule has 0 saturated carbocycles. The average molecular weight is 299 g/mol. The van der Waals surface area contributed by atoms with Crippen LogP contribution < -0.4 is 9.64 Å². The van der Waals surface area contributed by atoms with Crippen LogP contribution in [0.25, 0.3) is 0 Å². The third-order valence-corrected chi connectivity index (χ3v) is 2.46. The van der Waals surface area contributed by atoms with Gasteiger partial charge < -0.3 is 14.9 Å². The maximum Gasteiger partial charge on any atom is 0.421 e. The molecule has 10 nitrogen and oxygen atoms in total. The first-order valence-corrected chi connectivity index (χ1v) is 5.45. The van der Waals surface area contributed by atoms with E-state index in [1.165, 1.54) is 21.3 Å². The van der Waals surface area contributed by atoms with Gasteiger partial charge in [0.15, 0.2) is 0 Å². The molecule has 0 aliphatic rings. The van der Waals surface area contributed by atoms with Crippen LogP contribution in [0, 0.1) is 0 Å². The van der Waals surface area contributed by atoms with Crippen molar-refractivity contribution in [2.45, 2.75) is 0 Å². The molecule has 3 amide bonds. The fourth-order valence-electron chi connectivity index (χ4n) is 1.43. The van der Waals surface area contributed by atoms with E-state index >= 15 is 0 Å². The van der Waals surface area contributed by atoms with Gasteiger partial charge in [-0.25, -0.2) is 19.6 Å². The highest BCUT2D eigenvalue weighted by Crippen LogP contribution is 2.27. The van der Waals surface area contributed by atoms with Crippen molar-refractivity contribution < 1.29 is 34.2 Å². The number of imide groups is 1. The molecule has 21 heavy (non-hydrogen) atoms. The minimum absolute atomic E-state index is 0.00455. The van der Waals surface area contributed by atoms with E-state index in [1.807, 2.05) is 0 Å². The van der Waals surface area contributed by atoms with Crippen molar-refractivity contribution in [1.29, 1.82) is 0 Å². The van der Waals surface area contributed by atoms with Crippen molar-refractivity contribution in [3.63, 3.8) is 0 Å². The topological polar surface area (TPSA) is 130 Å². The monoisotopic (exact) mass is 299 g/mol. The number of hydrogen-bond donors (Lipinski definition) is 2. The highest BCUT2D eigenvalue weighted by atomic mass is 16.7. The number of carboxylic acid groups (broad SMARTS) is 2. The number of carbonyl (C=O) groups is 3. The van der Waals surface area contributed by atoms with Gasteiger partial charge in [0.25, 0.3) is 5.91 Å². The lowest BCUT2D eigenvalue weighted by Crippen LogP contribution is -2.35. The molecule has 0 aliphatic carbocycles. The number of methoxy groups -OCH3 is 1. The maximum atomic E-state index is 11.9. The fourth-order valence-corrected chi connectivity index (χ4v) is 1.43. The largest absolute Gasteiger partial charge is 0.479 e. The molecule has 2 N–H and O–H groups in total. The SMILES string of the molecule is COc1ncc(C(=O)N(C)OC)cc1N(C(=O)O)C(=O)O. The lowest BCUT2D eigenvalue weighted by molar-refractivity contribution is -0.0757. The zero-order chi connectivity index (χ0) is 16.2.